The van der Waals surface area contributed by atoms with Gasteiger partial charge < -0.3 is 10.1 Å². The lowest BCUT2D eigenvalue weighted by Gasteiger charge is -2.11. The first-order valence-corrected chi connectivity index (χ1v) is 7.23. The van der Waals surface area contributed by atoms with Gasteiger partial charge in [0.25, 0.3) is 0 Å². The van der Waals surface area contributed by atoms with Crippen LogP contribution in [-0.2, 0) is 13.0 Å². The zero-order valence-electron chi connectivity index (χ0n) is 11.8. The van der Waals surface area contributed by atoms with Crippen LogP contribution in [0, 0.1) is 0 Å². The first kappa shape index (κ1) is 14.8. The summed E-state index contributed by atoms with van der Waals surface area (Å²) in [7, 11) is 0. The summed E-state index contributed by atoms with van der Waals surface area (Å²) >= 11 is 6.24. The Balaban J connectivity index is 2.17. The number of rotatable bonds is 6. The number of nitrogens with one attached hydrogen (secondary N) is 1. The van der Waals surface area contributed by atoms with E-state index < -0.39 is 0 Å². The van der Waals surface area contributed by atoms with E-state index in [0.717, 1.165) is 36.4 Å². The van der Waals surface area contributed by atoms with Crippen molar-refractivity contribution in [2.45, 2.75) is 26.8 Å². The molecule has 2 aromatic rings. The molecule has 0 atom stereocenters. The molecule has 0 spiro atoms. The van der Waals surface area contributed by atoms with Crippen LogP contribution in [0.4, 0.5) is 0 Å². The van der Waals surface area contributed by atoms with E-state index in [1.807, 2.05) is 30.3 Å². The third-order valence-corrected chi connectivity index (χ3v) is 3.27. The molecule has 0 saturated heterocycles. The molecule has 3 nitrogen and oxygen atoms in total. The van der Waals surface area contributed by atoms with Crippen LogP contribution in [0.15, 0.2) is 36.5 Å². The summed E-state index contributed by atoms with van der Waals surface area (Å²) in [5.74, 6) is 1.26. The van der Waals surface area contributed by atoms with Crippen molar-refractivity contribution >= 4 is 11.6 Å². The number of para-hydroxylation sites is 1. The maximum Gasteiger partial charge on any atom is 0.238 e. The zero-order chi connectivity index (χ0) is 14.4. The summed E-state index contributed by atoms with van der Waals surface area (Å²) in [5, 5.41) is 3.77. The zero-order valence-corrected chi connectivity index (χ0v) is 12.6. The molecule has 0 aliphatic rings. The molecule has 0 radical (unpaired) electrons. The Kier molecular flexibility index (Phi) is 5.39. The molecule has 1 heterocycles. The number of aryl methyl sites for hydroxylation is 1. The largest absolute Gasteiger partial charge is 0.437 e. The SMILES string of the molecule is CCNCc1cnc(Oc2ccccc2CC)c(Cl)c1. The van der Waals surface area contributed by atoms with E-state index in [1.165, 1.54) is 0 Å². The maximum absolute atomic E-state index is 6.24. The molecule has 2 rings (SSSR count). The van der Waals surface area contributed by atoms with Crippen molar-refractivity contribution in [3.8, 4) is 11.6 Å². The van der Waals surface area contributed by atoms with E-state index in [-0.39, 0.29) is 0 Å². The van der Waals surface area contributed by atoms with E-state index >= 15 is 0 Å². The van der Waals surface area contributed by atoms with Gasteiger partial charge >= 0.3 is 0 Å². The Morgan fingerprint density at radius 1 is 1.25 bits per heavy atom. The summed E-state index contributed by atoms with van der Waals surface area (Å²) in [6.45, 7) is 5.83. The van der Waals surface area contributed by atoms with Crippen molar-refractivity contribution < 1.29 is 4.74 Å². The molecule has 0 unspecified atom stereocenters. The van der Waals surface area contributed by atoms with Crippen LogP contribution in [0.3, 0.4) is 0 Å². The molecule has 106 valence electrons. The Labute approximate surface area is 124 Å². The molecule has 1 N–H and O–H groups in total. The minimum Gasteiger partial charge on any atom is -0.437 e. The molecule has 0 bridgehead atoms. The van der Waals surface area contributed by atoms with E-state index in [9.17, 15) is 0 Å². The van der Waals surface area contributed by atoms with Crippen molar-refractivity contribution in [2.24, 2.45) is 0 Å². The average Bonchev–Trinajstić information content (AvgIpc) is 2.48. The maximum atomic E-state index is 6.24. The summed E-state index contributed by atoms with van der Waals surface area (Å²) in [6.07, 6.45) is 2.70. The van der Waals surface area contributed by atoms with Crippen molar-refractivity contribution in [3.05, 3.63) is 52.7 Å². The van der Waals surface area contributed by atoms with Crippen molar-refractivity contribution in [3.63, 3.8) is 0 Å². The Hall–Kier alpha value is -1.58. The van der Waals surface area contributed by atoms with E-state index in [0.29, 0.717) is 10.9 Å². The number of hydrogen-bond donors (Lipinski definition) is 1. The van der Waals surface area contributed by atoms with Crippen LogP contribution in [-0.4, -0.2) is 11.5 Å². The lowest BCUT2D eigenvalue weighted by atomic mass is 10.1. The van der Waals surface area contributed by atoms with Gasteiger partial charge in [0, 0.05) is 12.7 Å². The number of hydrogen-bond acceptors (Lipinski definition) is 3. The predicted octanol–water partition coefficient (Wildman–Crippen LogP) is 4.20. The van der Waals surface area contributed by atoms with Gasteiger partial charge in [-0.05, 0) is 36.2 Å². The Morgan fingerprint density at radius 3 is 2.75 bits per heavy atom. The van der Waals surface area contributed by atoms with Crippen molar-refractivity contribution in [2.75, 3.05) is 6.54 Å². The highest BCUT2D eigenvalue weighted by Gasteiger charge is 2.08. The number of aromatic nitrogens is 1. The van der Waals surface area contributed by atoms with Crippen LogP contribution in [0.5, 0.6) is 11.6 Å². The highest BCUT2D eigenvalue weighted by Crippen LogP contribution is 2.29. The summed E-state index contributed by atoms with van der Waals surface area (Å²) in [6, 6.07) is 9.81. The normalized spacial score (nSPS) is 10.6. The van der Waals surface area contributed by atoms with Crippen molar-refractivity contribution in [1.29, 1.82) is 0 Å². The summed E-state index contributed by atoms with van der Waals surface area (Å²) < 4.78 is 5.83. The lowest BCUT2D eigenvalue weighted by Crippen LogP contribution is -2.11. The van der Waals surface area contributed by atoms with E-state index in [1.54, 1.807) is 6.20 Å². The minimum absolute atomic E-state index is 0.452. The van der Waals surface area contributed by atoms with Gasteiger partial charge in [0.15, 0.2) is 0 Å². The van der Waals surface area contributed by atoms with Gasteiger partial charge in [0.1, 0.15) is 10.8 Å². The van der Waals surface area contributed by atoms with Gasteiger partial charge in [-0.15, -0.1) is 0 Å². The fourth-order valence-electron chi connectivity index (χ4n) is 1.91. The minimum atomic E-state index is 0.452. The molecule has 0 aliphatic heterocycles. The first-order valence-electron chi connectivity index (χ1n) is 6.85. The van der Waals surface area contributed by atoms with Crippen LogP contribution in [0.1, 0.15) is 25.0 Å². The van der Waals surface area contributed by atoms with Crippen LogP contribution in [0.2, 0.25) is 5.02 Å². The van der Waals surface area contributed by atoms with Gasteiger partial charge in [0.2, 0.25) is 5.88 Å². The van der Waals surface area contributed by atoms with Gasteiger partial charge in [-0.1, -0.05) is 43.6 Å². The predicted molar refractivity (Wildman–Crippen MR) is 82.5 cm³/mol. The molecule has 20 heavy (non-hydrogen) atoms. The number of benzene rings is 1. The summed E-state index contributed by atoms with van der Waals surface area (Å²) in [4.78, 5) is 4.31. The van der Waals surface area contributed by atoms with Gasteiger partial charge in [-0.2, -0.15) is 0 Å². The molecular weight excluding hydrogens is 272 g/mol. The van der Waals surface area contributed by atoms with Crippen LogP contribution >= 0.6 is 11.6 Å². The third-order valence-electron chi connectivity index (χ3n) is 3.00. The standard InChI is InChI=1S/C16H19ClN2O/c1-3-13-7-5-6-8-15(13)20-16-14(17)9-12(11-19-16)10-18-4-2/h5-9,11,18H,3-4,10H2,1-2H3. The monoisotopic (exact) mass is 290 g/mol. The Bertz CT molecular complexity index is 572. The molecule has 0 fully saturated rings. The quantitative estimate of drug-likeness (QED) is 0.866. The Morgan fingerprint density at radius 2 is 2.05 bits per heavy atom. The highest BCUT2D eigenvalue weighted by atomic mass is 35.5. The number of nitrogens with zero attached hydrogens (tertiary/aromatic N) is 1. The molecular formula is C16H19ClN2O. The van der Waals surface area contributed by atoms with Crippen LogP contribution < -0.4 is 10.1 Å². The fraction of sp³-hybridized carbons (Fsp3) is 0.312. The van der Waals surface area contributed by atoms with Crippen molar-refractivity contribution in [1.82, 2.24) is 10.3 Å². The second kappa shape index (κ2) is 7.27. The number of ether oxygens (including phenoxy) is 1. The van der Waals surface area contributed by atoms with Crippen LogP contribution in [0.25, 0.3) is 0 Å². The van der Waals surface area contributed by atoms with E-state index in [2.05, 4.69) is 24.1 Å². The van der Waals surface area contributed by atoms with Gasteiger partial charge in [-0.3, -0.25) is 0 Å². The molecule has 1 aromatic carbocycles. The second-order valence-corrected chi connectivity index (χ2v) is 4.88. The topological polar surface area (TPSA) is 34.2 Å². The number of pyridine rings is 1. The molecule has 0 saturated carbocycles. The molecule has 0 aliphatic carbocycles. The fourth-order valence-corrected chi connectivity index (χ4v) is 2.13. The average molecular weight is 291 g/mol. The lowest BCUT2D eigenvalue weighted by molar-refractivity contribution is 0.457. The van der Waals surface area contributed by atoms with Gasteiger partial charge in [-0.25, -0.2) is 4.98 Å². The third kappa shape index (κ3) is 3.71. The van der Waals surface area contributed by atoms with Gasteiger partial charge in [0.05, 0.1) is 0 Å². The smallest absolute Gasteiger partial charge is 0.238 e. The highest BCUT2D eigenvalue weighted by molar-refractivity contribution is 6.31. The second-order valence-electron chi connectivity index (χ2n) is 4.47. The first-order chi connectivity index (χ1) is 9.74. The molecule has 0 amide bonds. The molecule has 1 aromatic heterocycles. The molecule has 4 heteroatoms. The summed E-state index contributed by atoms with van der Waals surface area (Å²) in [5.41, 5.74) is 2.19. The van der Waals surface area contributed by atoms with E-state index in [4.69, 9.17) is 16.3 Å². The number of halogens is 1.